The fourth-order valence-electron chi connectivity index (χ4n) is 1.84. The number of rotatable bonds is 8. The summed E-state index contributed by atoms with van der Waals surface area (Å²) < 4.78 is 7.60. The lowest BCUT2D eigenvalue weighted by molar-refractivity contribution is 0.121. The minimum Gasteiger partial charge on any atom is -0.378 e. The Kier molecular flexibility index (Phi) is 6.69. The van der Waals surface area contributed by atoms with Gasteiger partial charge in [-0.15, -0.1) is 0 Å². The molecule has 0 amide bonds. The molecule has 4 nitrogen and oxygen atoms in total. The average Bonchev–Trinajstić information content (AvgIpc) is 2.79. The van der Waals surface area contributed by atoms with Crippen molar-refractivity contribution in [3.05, 3.63) is 18.0 Å². The highest BCUT2D eigenvalue weighted by Gasteiger charge is 2.12. The molecule has 0 fully saturated rings. The van der Waals surface area contributed by atoms with Gasteiger partial charge >= 0.3 is 0 Å². The first kappa shape index (κ1) is 17.2. The van der Waals surface area contributed by atoms with Crippen LogP contribution in [-0.2, 0) is 11.3 Å². The zero-order chi connectivity index (χ0) is 15.2. The molecule has 1 atom stereocenters. The highest BCUT2D eigenvalue weighted by Crippen LogP contribution is 2.21. The first-order valence-corrected chi connectivity index (χ1v) is 7.66. The van der Waals surface area contributed by atoms with E-state index in [-0.39, 0.29) is 5.54 Å². The van der Waals surface area contributed by atoms with Crippen LogP contribution in [0.15, 0.2) is 12.3 Å². The molecule has 0 spiro atoms. The van der Waals surface area contributed by atoms with Gasteiger partial charge in [0.1, 0.15) is 0 Å². The lowest BCUT2D eigenvalue weighted by Crippen LogP contribution is -2.38. The number of aromatic nitrogens is 2. The predicted octanol–water partition coefficient (Wildman–Crippen LogP) is 3.05. The number of hydrogen-bond acceptors (Lipinski definition) is 3. The molecule has 20 heavy (non-hydrogen) atoms. The molecule has 0 aromatic carbocycles. The molecular formula is C16H31N3O. The minimum atomic E-state index is 0.160. The van der Waals surface area contributed by atoms with Crippen LogP contribution in [0.2, 0.25) is 0 Å². The zero-order valence-electron chi connectivity index (χ0n) is 13.9. The van der Waals surface area contributed by atoms with Gasteiger partial charge in [-0.2, -0.15) is 5.10 Å². The van der Waals surface area contributed by atoms with Crippen LogP contribution in [0.25, 0.3) is 0 Å². The molecule has 0 saturated carbocycles. The monoisotopic (exact) mass is 281 g/mol. The van der Waals surface area contributed by atoms with Crippen LogP contribution in [-0.4, -0.2) is 35.1 Å². The third kappa shape index (κ3) is 6.53. The van der Waals surface area contributed by atoms with Crippen molar-refractivity contribution < 1.29 is 4.74 Å². The maximum Gasteiger partial charge on any atom is 0.0663 e. The van der Waals surface area contributed by atoms with Gasteiger partial charge in [0.25, 0.3) is 0 Å². The molecule has 1 aromatic heterocycles. The quantitative estimate of drug-likeness (QED) is 0.744. The summed E-state index contributed by atoms with van der Waals surface area (Å²) >= 11 is 0. The van der Waals surface area contributed by atoms with E-state index in [2.05, 4.69) is 58.0 Å². The first-order chi connectivity index (χ1) is 9.29. The highest BCUT2D eigenvalue weighted by molar-refractivity contribution is 5.05. The Morgan fingerprint density at radius 1 is 1.25 bits per heavy atom. The topological polar surface area (TPSA) is 39.1 Å². The van der Waals surface area contributed by atoms with Gasteiger partial charge in [0, 0.05) is 24.2 Å². The second-order valence-electron chi connectivity index (χ2n) is 6.83. The average molecular weight is 281 g/mol. The first-order valence-electron chi connectivity index (χ1n) is 7.66. The molecule has 0 aliphatic rings. The van der Waals surface area contributed by atoms with Gasteiger partial charge in [0.15, 0.2) is 0 Å². The fourth-order valence-corrected chi connectivity index (χ4v) is 1.84. The molecule has 0 aliphatic heterocycles. The van der Waals surface area contributed by atoms with Gasteiger partial charge < -0.3 is 10.1 Å². The summed E-state index contributed by atoms with van der Waals surface area (Å²) in [6.07, 6.45) is 2.05. The van der Waals surface area contributed by atoms with Gasteiger partial charge in [0.2, 0.25) is 0 Å². The van der Waals surface area contributed by atoms with Crippen molar-refractivity contribution in [3.8, 4) is 0 Å². The number of hydrogen-bond donors (Lipinski definition) is 1. The van der Waals surface area contributed by atoms with Crippen molar-refractivity contribution in [1.82, 2.24) is 15.1 Å². The Balaban J connectivity index is 2.20. The maximum atomic E-state index is 5.63. The van der Waals surface area contributed by atoms with Gasteiger partial charge in [-0.1, -0.05) is 20.8 Å². The molecular weight excluding hydrogens is 250 g/mol. The van der Waals surface area contributed by atoms with Gasteiger partial charge in [0.05, 0.1) is 25.5 Å². The van der Waals surface area contributed by atoms with E-state index in [4.69, 9.17) is 4.74 Å². The summed E-state index contributed by atoms with van der Waals surface area (Å²) in [6.45, 7) is 16.3. The standard InChI is InChI=1S/C16H31N3O/c1-13(2)14(3)15-7-9-19(18-15)10-12-20-11-8-17-16(4,5)6/h7,9,13-14,17H,8,10-12H2,1-6H3. The van der Waals surface area contributed by atoms with E-state index in [1.165, 1.54) is 5.69 Å². The number of nitrogens with one attached hydrogen (secondary N) is 1. The molecule has 1 rings (SSSR count). The second-order valence-corrected chi connectivity index (χ2v) is 6.83. The molecule has 0 bridgehead atoms. The summed E-state index contributed by atoms with van der Waals surface area (Å²) in [4.78, 5) is 0. The van der Waals surface area contributed by atoms with Crippen LogP contribution in [0, 0.1) is 5.92 Å². The third-order valence-corrected chi connectivity index (χ3v) is 3.49. The summed E-state index contributed by atoms with van der Waals surface area (Å²) in [6, 6.07) is 2.12. The van der Waals surface area contributed by atoms with Crippen molar-refractivity contribution in [2.24, 2.45) is 5.92 Å². The highest BCUT2D eigenvalue weighted by atomic mass is 16.5. The van der Waals surface area contributed by atoms with Gasteiger partial charge in [-0.05, 0) is 32.8 Å². The fraction of sp³-hybridized carbons (Fsp3) is 0.812. The van der Waals surface area contributed by atoms with E-state index in [9.17, 15) is 0 Å². The molecule has 1 heterocycles. The van der Waals surface area contributed by atoms with Crippen LogP contribution in [0.5, 0.6) is 0 Å². The summed E-state index contributed by atoms with van der Waals surface area (Å²) in [5, 5.41) is 8.01. The lowest BCUT2D eigenvalue weighted by Gasteiger charge is -2.20. The molecule has 0 radical (unpaired) electrons. The Morgan fingerprint density at radius 2 is 1.95 bits per heavy atom. The number of nitrogens with zero attached hydrogens (tertiary/aromatic N) is 2. The summed E-state index contributed by atoms with van der Waals surface area (Å²) in [7, 11) is 0. The summed E-state index contributed by atoms with van der Waals surface area (Å²) in [5.74, 6) is 1.13. The minimum absolute atomic E-state index is 0.160. The van der Waals surface area contributed by atoms with E-state index in [0.29, 0.717) is 18.4 Å². The largest absolute Gasteiger partial charge is 0.378 e. The SMILES string of the molecule is CC(C)C(C)c1ccn(CCOCCNC(C)(C)C)n1. The van der Waals surface area contributed by atoms with Crippen molar-refractivity contribution in [2.45, 2.75) is 59.5 Å². The molecule has 1 N–H and O–H groups in total. The number of ether oxygens (including phenoxy) is 1. The predicted molar refractivity (Wildman–Crippen MR) is 84.1 cm³/mol. The van der Waals surface area contributed by atoms with E-state index in [1.807, 2.05) is 10.9 Å². The maximum absolute atomic E-state index is 5.63. The molecule has 4 heteroatoms. The molecule has 0 saturated heterocycles. The van der Waals surface area contributed by atoms with Crippen molar-refractivity contribution in [3.63, 3.8) is 0 Å². The van der Waals surface area contributed by atoms with Crippen LogP contribution < -0.4 is 5.32 Å². The van der Waals surface area contributed by atoms with E-state index >= 15 is 0 Å². The molecule has 1 unspecified atom stereocenters. The van der Waals surface area contributed by atoms with Crippen LogP contribution >= 0.6 is 0 Å². The van der Waals surface area contributed by atoms with Crippen molar-refractivity contribution in [2.75, 3.05) is 19.8 Å². The van der Waals surface area contributed by atoms with Crippen molar-refractivity contribution in [1.29, 1.82) is 0 Å². The molecule has 1 aromatic rings. The van der Waals surface area contributed by atoms with Crippen LogP contribution in [0.3, 0.4) is 0 Å². The van der Waals surface area contributed by atoms with Gasteiger partial charge in [-0.3, -0.25) is 4.68 Å². The smallest absolute Gasteiger partial charge is 0.0663 e. The Bertz CT molecular complexity index is 379. The van der Waals surface area contributed by atoms with Crippen molar-refractivity contribution >= 4 is 0 Å². The van der Waals surface area contributed by atoms with Crippen LogP contribution in [0.4, 0.5) is 0 Å². The normalized spacial score (nSPS) is 13.9. The lowest BCUT2D eigenvalue weighted by atomic mass is 9.95. The Morgan fingerprint density at radius 3 is 2.55 bits per heavy atom. The van der Waals surface area contributed by atoms with E-state index < -0.39 is 0 Å². The second kappa shape index (κ2) is 7.79. The Hall–Kier alpha value is -0.870. The molecule has 0 aliphatic carbocycles. The Labute approximate surface area is 123 Å². The van der Waals surface area contributed by atoms with Gasteiger partial charge in [-0.25, -0.2) is 0 Å². The van der Waals surface area contributed by atoms with E-state index in [0.717, 1.165) is 19.7 Å². The molecule has 116 valence electrons. The summed E-state index contributed by atoms with van der Waals surface area (Å²) in [5.41, 5.74) is 1.34. The zero-order valence-corrected chi connectivity index (χ0v) is 13.9. The van der Waals surface area contributed by atoms with E-state index in [1.54, 1.807) is 0 Å². The third-order valence-electron chi connectivity index (χ3n) is 3.49. The van der Waals surface area contributed by atoms with Crippen LogP contribution in [0.1, 0.15) is 53.2 Å².